The first kappa shape index (κ1) is 7.56. The molecule has 1 atom stereocenters. The van der Waals surface area contributed by atoms with E-state index in [0.717, 1.165) is 13.2 Å². The van der Waals surface area contributed by atoms with Crippen molar-refractivity contribution in [1.82, 2.24) is 4.90 Å². The summed E-state index contributed by atoms with van der Waals surface area (Å²) in [5, 5.41) is 0. The lowest BCUT2D eigenvalue weighted by Crippen LogP contribution is -2.34. The highest BCUT2D eigenvalue weighted by Crippen LogP contribution is 2.37. The fourth-order valence-electron chi connectivity index (χ4n) is 2.39. The standard InChI is InChI=1S/C9H17NO/c1-10-5-4-9(7-10)3-2-6-11-8-9/h2-8H2,1H3. The summed E-state index contributed by atoms with van der Waals surface area (Å²) in [6.45, 7) is 4.53. The largest absolute Gasteiger partial charge is 0.381 e. The van der Waals surface area contributed by atoms with Gasteiger partial charge in [0.15, 0.2) is 0 Å². The van der Waals surface area contributed by atoms with Gasteiger partial charge in [-0.15, -0.1) is 0 Å². The molecule has 64 valence electrons. The van der Waals surface area contributed by atoms with Crippen LogP contribution < -0.4 is 0 Å². The molecule has 2 aliphatic rings. The molecular formula is C9H17NO. The maximum Gasteiger partial charge on any atom is 0.0535 e. The molecule has 1 spiro atoms. The second kappa shape index (κ2) is 2.76. The van der Waals surface area contributed by atoms with Crippen molar-refractivity contribution >= 4 is 0 Å². The third-order valence-electron chi connectivity index (χ3n) is 3.03. The lowest BCUT2D eigenvalue weighted by Gasteiger charge is -2.32. The van der Waals surface area contributed by atoms with Gasteiger partial charge in [-0.3, -0.25) is 0 Å². The Kier molecular flexibility index (Phi) is 1.90. The normalized spacial score (nSPS) is 40.1. The summed E-state index contributed by atoms with van der Waals surface area (Å²) in [6, 6.07) is 0. The first-order valence-electron chi connectivity index (χ1n) is 4.57. The highest BCUT2D eigenvalue weighted by atomic mass is 16.5. The van der Waals surface area contributed by atoms with Crippen LogP contribution in [0.3, 0.4) is 0 Å². The lowest BCUT2D eigenvalue weighted by molar-refractivity contribution is -0.000995. The van der Waals surface area contributed by atoms with E-state index in [4.69, 9.17) is 4.74 Å². The van der Waals surface area contributed by atoms with Crippen molar-refractivity contribution in [2.75, 3.05) is 33.4 Å². The topological polar surface area (TPSA) is 12.5 Å². The van der Waals surface area contributed by atoms with E-state index in [-0.39, 0.29) is 0 Å². The molecule has 2 rings (SSSR count). The van der Waals surface area contributed by atoms with Crippen LogP contribution in [0.4, 0.5) is 0 Å². The van der Waals surface area contributed by atoms with Crippen LogP contribution in [0.15, 0.2) is 0 Å². The van der Waals surface area contributed by atoms with Crippen molar-refractivity contribution in [3.05, 3.63) is 0 Å². The first-order valence-corrected chi connectivity index (χ1v) is 4.57. The molecule has 0 aliphatic carbocycles. The van der Waals surface area contributed by atoms with E-state index >= 15 is 0 Å². The van der Waals surface area contributed by atoms with E-state index in [2.05, 4.69) is 11.9 Å². The lowest BCUT2D eigenvalue weighted by atomic mass is 9.82. The molecule has 11 heavy (non-hydrogen) atoms. The number of hydrogen-bond acceptors (Lipinski definition) is 2. The highest BCUT2D eigenvalue weighted by molar-refractivity contribution is 4.90. The Hall–Kier alpha value is -0.0800. The van der Waals surface area contributed by atoms with Crippen LogP contribution in [0.2, 0.25) is 0 Å². The van der Waals surface area contributed by atoms with Gasteiger partial charge in [0.1, 0.15) is 0 Å². The van der Waals surface area contributed by atoms with E-state index < -0.39 is 0 Å². The quantitative estimate of drug-likeness (QED) is 0.520. The number of rotatable bonds is 0. The third-order valence-corrected chi connectivity index (χ3v) is 3.03. The monoisotopic (exact) mass is 155 g/mol. The summed E-state index contributed by atoms with van der Waals surface area (Å²) >= 11 is 0. The van der Waals surface area contributed by atoms with Gasteiger partial charge in [-0.2, -0.15) is 0 Å². The zero-order valence-electron chi connectivity index (χ0n) is 7.31. The van der Waals surface area contributed by atoms with Crippen molar-refractivity contribution in [2.45, 2.75) is 19.3 Å². The number of likely N-dealkylation sites (tertiary alicyclic amines) is 1. The van der Waals surface area contributed by atoms with E-state index in [1.165, 1.54) is 32.4 Å². The molecule has 0 aromatic rings. The molecule has 2 saturated heterocycles. The van der Waals surface area contributed by atoms with Crippen LogP contribution in [-0.4, -0.2) is 38.3 Å². The van der Waals surface area contributed by atoms with E-state index in [1.54, 1.807) is 0 Å². The zero-order chi connectivity index (χ0) is 7.73. The molecule has 0 aromatic heterocycles. The van der Waals surface area contributed by atoms with Crippen LogP contribution in [0, 0.1) is 5.41 Å². The maximum atomic E-state index is 5.53. The molecule has 0 bridgehead atoms. The number of hydrogen-bond donors (Lipinski definition) is 0. The van der Waals surface area contributed by atoms with Gasteiger partial charge in [-0.25, -0.2) is 0 Å². The second-order valence-electron chi connectivity index (χ2n) is 4.14. The molecule has 2 heteroatoms. The average Bonchev–Trinajstić information content (AvgIpc) is 2.34. The molecule has 2 heterocycles. The Morgan fingerprint density at radius 1 is 1.36 bits per heavy atom. The van der Waals surface area contributed by atoms with Crippen LogP contribution >= 0.6 is 0 Å². The van der Waals surface area contributed by atoms with Gasteiger partial charge in [0, 0.05) is 18.6 Å². The Morgan fingerprint density at radius 3 is 2.82 bits per heavy atom. The fraction of sp³-hybridized carbons (Fsp3) is 1.00. The van der Waals surface area contributed by atoms with E-state index in [1.807, 2.05) is 0 Å². The molecule has 0 amide bonds. The van der Waals surface area contributed by atoms with Crippen molar-refractivity contribution in [3.8, 4) is 0 Å². The minimum atomic E-state index is 0.549. The van der Waals surface area contributed by atoms with Gasteiger partial charge in [-0.1, -0.05) is 0 Å². The van der Waals surface area contributed by atoms with Gasteiger partial charge < -0.3 is 9.64 Å². The predicted molar refractivity (Wildman–Crippen MR) is 44.6 cm³/mol. The van der Waals surface area contributed by atoms with Crippen molar-refractivity contribution in [3.63, 3.8) is 0 Å². The summed E-state index contributed by atoms with van der Waals surface area (Å²) in [4.78, 5) is 2.43. The second-order valence-corrected chi connectivity index (χ2v) is 4.14. The fourth-order valence-corrected chi connectivity index (χ4v) is 2.39. The first-order chi connectivity index (χ1) is 5.31. The van der Waals surface area contributed by atoms with Gasteiger partial charge in [0.25, 0.3) is 0 Å². The summed E-state index contributed by atoms with van der Waals surface area (Å²) in [7, 11) is 2.21. The summed E-state index contributed by atoms with van der Waals surface area (Å²) in [5.74, 6) is 0. The molecule has 2 nitrogen and oxygen atoms in total. The Balaban J connectivity index is 1.98. The van der Waals surface area contributed by atoms with E-state index in [0.29, 0.717) is 5.41 Å². The Morgan fingerprint density at radius 2 is 2.27 bits per heavy atom. The molecule has 0 radical (unpaired) electrons. The molecule has 1 unspecified atom stereocenters. The average molecular weight is 155 g/mol. The van der Waals surface area contributed by atoms with Gasteiger partial charge in [-0.05, 0) is 32.9 Å². The number of ether oxygens (including phenoxy) is 1. The minimum Gasteiger partial charge on any atom is -0.381 e. The Labute approximate surface area is 68.5 Å². The van der Waals surface area contributed by atoms with Crippen molar-refractivity contribution in [2.24, 2.45) is 5.41 Å². The highest BCUT2D eigenvalue weighted by Gasteiger charge is 2.38. The van der Waals surface area contributed by atoms with Crippen LogP contribution in [0.25, 0.3) is 0 Å². The molecular weight excluding hydrogens is 138 g/mol. The maximum absolute atomic E-state index is 5.53. The molecule has 0 aromatic carbocycles. The van der Waals surface area contributed by atoms with Crippen LogP contribution in [-0.2, 0) is 4.74 Å². The minimum absolute atomic E-state index is 0.549. The molecule has 0 N–H and O–H groups in total. The molecule has 2 aliphatic heterocycles. The number of nitrogens with zero attached hydrogens (tertiary/aromatic N) is 1. The summed E-state index contributed by atoms with van der Waals surface area (Å²) < 4.78 is 5.53. The molecule has 2 fully saturated rings. The Bertz CT molecular complexity index is 135. The third kappa shape index (κ3) is 1.42. The zero-order valence-corrected chi connectivity index (χ0v) is 7.31. The van der Waals surface area contributed by atoms with Gasteiger partial charge >= 0.3 is 0 Å². The van der Waals surface area contributed by atoms with Crippen molar-refractivity contribution in [1.29, 1.82) is 0 Å². The van der Waals surface area contributed by atoms with Gasteiger partial charge in [0.05, 0.1) is 6.61 Å². The summed E-state index contributed by atoms with van der Waals surface area (Å²) in [5.41, 5.74) is 0.549. The van der Waals surface area contributed by atoms with Crippen molar-refractivity contribution < 1.29 is 4.74 Å². The SMILES string of the molecule is CN1CCC2(CCCOC2)C1. The summed E-state index contributed by atoms with van der Waals surface area (Å²) in [6.07, 6.45) is 4.01. The van der Waals surface area contributed by atoms with E-state index in [9.17, 15) is 0 Å². The van der Waals surface area contributed by atoms with Crippen LogP contribution in [0.1, 0.15) is 19.3 Å². The van der Waals surface area contributed by atoms with Gasteiger partial charge in [0.2, 0.25) is 0 Å². The van der Waals surface area contributed by atoms with Crippen LogP contribution in [0.5, 0.6) is 0 Å². The smallest absolute Gasteiger partial charge is 0.0535 e. The molecule has 0 saturated carbocycles. The predicted octanol–water partition coefficient (Wildman–Crippen LogP) is 1.12.